The monoisotopic (exact) mass is 428 g/mol. The van der Waals surface area contributed by atoms with Gasteiger partial charge in [-0.1, -0.05) is 41.4 Å². The maximum absolute atomic E-state index is 12.5. The predicted molar refractivity (Wildman–Crippen MR) is 107 cm³/mol. The highest BCUT2D eigenvalue weighted by molar-refractivity contribution is 6.43. The Bertz CT molecular complexity index is 1090. The molecule has 2 aromatic carbocycles. The van der Waals surface area contributed by atoms with Crippen LogP contribution in [0.15, 0.2) is 54.9 Å². The number of rotatable bonds is 5. The minimum atomic E-state index is -0.573. The number of nitrogens with one attached hydrogen (secondary N) is 1. The predicted octanol–water partition coefficient (Wildman–Crippen LogP) is 3.09. The molecule has 1 aliphatic rings. The number of hydrogen-bond acceptors (Lipinski definition) is 4. The van der Waals surface area contributed by atoms with E-state index in [2.05, 4.69) is 10.4 Å². The molecule has 0 aliphatic carbocycles. The summed E-state index contributed by atoms with van der Waals surface area (Å²) in [6, 6.07) is 12.0. The Balaban J connectivity index is 1.45. The van der Waals surface area contributed by atoms with Crippen LogP contribution in [0.25, 0.3) is 5.69 Å². The number of hydrogen-bond donors (Lipinski definition) is 1. The first-order chi connectivity index (χ1) is 14.0. The molecule has 0 bridgehead atoms. The summed E-state index contributed by atoms with van der Waals surface area (Å²) in [6.07, 6.45) is 3.46. The highest BCUT2D eigenvalue weighted by Gasteiger charge is 2.37. The Morgan fingerprint density at radius 1 is 1.00 bits per heavy atom. The summed E-state index contributed by atoms with van der Waals surface area (Å²) in [4.78, 5) is 38.3. The maximum Gasteiger partial charge on any atom is 0.262 e. The molecule has 146 valence electrons. The van der Waals surface area contributed by atoms with Crippen LogP contribution in [0.4, 0.5) is 0 Å². The first kappa shape index (κ1) is 19.2. The summed E-state index contributed by atoms with van der Waals surface area (Å²) < 4.78 is 1.69. The highest BCUT2D eigenvalue weighted by atomic mass is 35.5. The molecule has 4 rings (SSSR count). The number of benzene rings is 2. The summed E-state index contributed by atoms with van der Waals surface area (Å²) in [5, 5.41) is 7.29. The molecule has 9 heteroatoms. The second-order valence-corrected chi connectivity index (χ2v) is 7.18. The number of imide groups is 1. The number of nitrogens with zero attached hydrogens (tertiary/aromatic N) is 3. The Hall–Kier alpha value is -3.16. The summed E-state index contributed by atoms with van der Waals surface area (Å²) in [5.74, 6) is -1.61. The topological polar surface area (TPSA) is 84.3 Å². The van der Waals surface area contributed by atoms with Crippen molar-refractivity contribution in [3.05, 3.63) is 81.6 Å². The van der Waals surface area contributed by atoms with Crippen molar-refractivity contribution in [3.63, 3.8) is 0 Å². The van der Waals surface area contributed by atoms with Crippen molar-refractivity contribution >= 4 is 40.9 Å². The van der Waals surface area contributed by atoms with Crippen LogP contribution in [0.2, 0.25) is 10.0 Å². The Kier molecular flexibility index (Phi) is 5.08. The quantitative estimate of drug-likeness (QED) is 0.632. The number of amides is 3. The van der Waals surface area contributed by atoms with Crippen LogP contribution in [-0.4, -0.2) is 38.9 Å². The number of fused-ring (bicyclic) bond motifs is 1. The van der Waals surface area contributed by atoms with Crippen LogP contribution in [0.3, 0.4) is 0 Å². The lowest BCUT2D eigenvalue weighted by molar-refractivity contribution is -0.121. The average Bonchev–Trinajstić information content (AvgIpc) is 3.32. The highest BCUT2D eigenvalue weighted by Crippen LogP contribution is 2.31. The molecule has 2 heterocycles. The third kappa shape index (κ3) is 3.62. The molecular weight excluding hydrogens is 415 g/mol. The molecule has 0 unspecified atom stereocenters. The first-order valence-electron chi connectivity index (χ1n) is 8.65. The first-order valence-corrected chi connectivity index (χ1v) is 9.41. The van der Waals surface area contributed by atoms with Crippen molar-refractivity contribution in [2.24, 2.45) is 0 Å². The SMILES string of the molecule is O=C(CN1C(=O)c2cc(Cl)c(Cl)cc2C1=O)NCc1ccccc1-n1cccn1. The van der Waals surface area contributed by atoms with E-state index in [1.165, 1.54) is 12.1 Å². The summed E-state index contributed by atoms with van der Waals surface area (Å²) in [6.45, 7) is -0.179. The molecular formula is C20H14Cl2N4O3. The van der Waals surface area contributed by atoms with Gasteiger partial charge in [0.2, 0.25) is 5.91 Å². The van der Waals surface area contributed by atoms with Crippen LogP contribution in [-0.2, 0) is 11.3 Å². The van der Waals surface area contributed by atoms with Crippen molar-refractivity contribution in [3.8, 4) is 5.69 Å². The van der Waals surface area contributed by atoms with E-state index in [4.69, 9.17) is 23.2 Å². The third-order valence-electron chi connectivity index (χ3n) is 4.53. The minimum absolute atomic E-state index is 0.140. The Morgan fingerprint density at radius 3 is 2.28 bits per heavy atom. The molecule has 0 atom stereocenters. The van der Waals surface area contributed by atoms with E-state index in [0.717, 1.165) is 16.2 Å². The smallest absolute Gasteiger partial charge is 0.262 e. The van der Waals surface area contributed by atoms with Crippen molar-refractivity contribution in [1.29, 1.82) is 0 Å². The van der Waals surface area contributed by atoms with E-state index in [1.807, 2.05) is 24.3 Å². The second kappa shape index (κ2) is 7.69. The van der Waals surface area contributed by atoms with E-state index in [1.54, 1.807) is 23.1 Å². The van der Waals surface area contributed by atoms with E-state index in [9.17, 15) is 14.4 Å². The molecule has 1 aromatic heterocycles. The summed E-state index contributed by atoms with van der Waals surface area (Å²) >= 11 is 11.9. The van der Waals surface area contributed by atoms with Gasteiger partial charge in [-0.25, -0.2) is 4.68 Å². The van der Waals surface area contributed by atoms with Crippen molar-refractivity contribution in [2.75, 3.05) is 6.54 Å². The molecule has 0 saturated heterocycles. The van der Waals surface area contributed by atoms with Gasteiger partial charge in [0.25, 0.3) is 11.8 Å². The number of aromatic nitrogens is 2. The van der Waals surface area contributed by atoms with Crippen LogP contribution in [0.1, 0.15) is 26.3 Å². The van der Waals surface area contributed by atoms with Gasteiger partial charge in [0.15, 0.2) is 0 Å². The normalized spacial score (nSPS) is 13.0. The minimum Gasteiger partial charge on any atom is -0.350 e. The standard InChI is InChI=1S/C20H14Cl2N4O3/c21-15-8-13-14(9-16(15)22)20(29)25(19(13)28)11-18(27)23-10-12-4-1-2-5-17(12)26-7-3-6-24-26/h1-9H,10-11H2,(H,23,27). The molecule has 0 fully saturated rings. The fourth-order valence-electron chi connectivity index (χ4n) is 3.12. The van der Waals surface area contributed by atoms with Gasteiger partial charge in [0.05, 0.1) is 26.9 Å². The van der Waals surface area contributed by atoms with Crippen molar-refractivity contribution < 1.29 is 14.4 Å². The van der Waals surface area contributed by atoms with Gasteiger partial charge in [0, 0.05) is 18.9 Å². The molecule has 3 amide bonds. The van der Waals surface area contributed by atoms with Crippen LogP contribution in [0.5, 0.6) is 0 Å². The van der Waals surface area contributed by atoms with Crippen molar-refractivity contribution in [2.45, 2.75) is 6.54 Å². The third-order valence-corrected chi connectivity index (χ3v) is 5.25. The molecule has 1 N–H and O–H groups in total. The maximum atomic E-state index is 12.5. The van der Waals surface area contributed by atoms with E-state index in [-0.39, 0.29) is 27.7 Å². The van der Waals surface area contributed by atoms with Gasteiger partial charge < -0.3 is 5.32 Å². The molecule has 0 saturated carbocycles. The fourth-order valence-corrected chi connectivity index (χ4v) is 3.44. The molecule has 1 aliphatic heterocycles. The summed E-state index contributed by atoms with van der Waals surface area (Å²) in [5.41, 5.74) is 1.94. The summed E-state index contributed by atoms with van der Waals surface area (Å²) in [7, 11) is 0. The molecule has 29 heavy (non-hydrogen) atoms. The number of carbonyl (C=O) groups excluding carboxylic acids is 3. The lowest BCUT2D eigenvalue weighted by atomic mass is 10.1. The fraction of sp³-hybridized carbons (Fsp3) is 0.100. The zero-order chi connectivity index (χ0) is 20.5. The zero-order valence-electron chi connectivity index (χ0n) is 14.9. The van der Waals surface area contributed by atoms with E-state index >= 15 is 0 Å². The van der Waals surface area contributed by atoms with Gasteiger partial charge in [-0.15, -0.1) is 0 Å². The lowest BCUT2D eigenvalue weighted by Gasteiger charge is -2.15. The van der Waals surface area contributed by atoms with Gasteiger partial charge in [-0.2, -0.15) is 5.10 Å². The lowest BCUT2D eigenvalue weighted by Crippen LogP contribution is -2.40. The largest absolute Gasteiger partial charge is 0.350 e. The number of para-hydroxylation sites is 1. The van der Waals surface area contributed by atoms with Gasteiger partial charge in [0.1, 0.15) is 6.54 Å². The average molecular weight is 429 g/mol. The van der Waals surface area contributed by atoms with Gasteiger partial charge in [-0.3, -0.25) is 19.3 Å². The van der Waals surface area contributed by atoms with E-state index in [0.29, 0.717) is 0 Å². The number of carbonyl (C=O) groups is 3. The van der Waals surface area contributed by atoms with Crippen LogP contribution >= 0.6 is 23.2 Å². The molecule has 0 radical (unpaired) electrons. The Labute approximate surface area is 175 Å². The molecule has 7 nitrogen and oxygen atoms in total. The van der Waals surface area contributed by atoms with Crippen LogP contribution < -0.4 is 5.32 Å². The molecule has 0 spiro atoms. The molecule has 3 aromatic rings. The second-order valence-electron chi connectivity index (χ2n) is 6.36. The van der Waals surface area contributed by atoms with Gasteiger partial charge >= 0.3 is 0 Å². The zero-order valence-corrected chi connectivity index (χ0v) is 16.4. The van der Waals surface area contributed by atoms with Gasteiger partial charge in [-0.05, 0) is 29.8 Å². The van der Waals surface area contributed by atoms with Crippen molar-refractivity contribution in [1.82, 2.24) is 20.0 Å². The van der Waals surface area contributed by atoms with E-state index < -0.39 is 24.3 Å². The van der Waals surface area contributed by atoms with Crippen LogP contribution in [0, 0.1) is 0 Å². The Morgan fingerprint density at radius 2 is 1.66 bits per heavy atom. The number of halogens is 2.